The standard InChI is InChI=1S/C17H24N6O/c1-12-9-14(17-18-6-8-22(17)4)20-16(19-12)13-5-7-23(10-13)15(24)11-21(2)3/h6,8-9,13H,5,7,10-11H2,1-4H3. The van der Waals surface area contributed by atoms with Crippen molar-refractivity contribution in [2.75, 3.05) is 33.7 Å². The number of likely N-dealkylation sites (tertiary alicyclic amines) is 1. The molecule has 24 heavy (non-hydrogen) atoms. The van der Waals surface area contributed by atoms with Crippen molar-refractivity contribution in [3.63, 3.8) is 0 Å². The third-order valence-electron chi connectivity index (χ3n) is 4.28. The Morgan fingerprint density at radius 1 is 1.38 bits per heavy atom. The van der Waals surface area contributed by atoms with Crippen LogP contribution in [0.1, 0.15) is 23.9 Å². The van der Waals surface area contributed by atoms with Crippen LogP contribution >= 0.6 is 0 Å². The van der Waals surface area contributed by atoms with Crippen LogP contribution in [0.3, 0.4) is 0 Å². The van der Waals surface area contributed by atoms with Gasteiger partial charge in [-0.2, -0.15) is 0 Å². The molecule has 1 fully saturated rings. The van der Waals surface area contributed by atoms with Gasteiger partial charge in [-0.15, -0.1) is 0 Å². The first kappa shape index (κ1) is 16.6. The normalized spacial score (nSPS) is 17.7. The van der Waals surface area contributed by atoms with E-state index in [-0.39, 0.29) is 11.8 Å². The molecule has 1 aliphatic heterocycles. The number of carbonyl (C=O) groups is 1. The molecule has 1 atom stereocenters. The van der Waals surface area contributed by atoms with Gasteiger partial charge in [0.1, 0.15) is 11.5 Å². The molecule has 1 saturated heterocycles. The second-order valence-electron chi connectivity index (χ2n) is 6.68. The predicted molar refractivity (Wildman–Crippen MR) is 91.5 cm³/mol. The smallest absolute Gasteiger partial charge is 0.236 e. The van der Waals surface area contributed by atoms with Crippen LogP contribution in [0.15, 0.2) is 18.5 Å². The average Bonchev–Trinajstić information content (AvgIpc) is 3.14. The number of nitrogens with zero attached hydrogens (tertiary/aromatic N) is 6. The molecule has 3 rings (SSSR count). The Labute approximate surface area is 142 Å². The average molecular weight is 328 g/mol. The van der Waals surface area contributed by atoms with Gasteiger partial charge >= 0.3 is 0 Å². The maximum absolute atomic E-state index is 12.2. The van der Waals surface area contributed by atoms with E-state index in [0.717, 1.165) is 36.0 Å². The summed E-state index contributed by atoms with van der Waals surface area (Å²) >= 11 is 0. The van der Waals surface area contributed by atoms with Crippen LogP contribution in [0.4, 0.5) is 0 Å². The van der Waals surface area contributed by atoms with E-state index < -0.39 is 0 Å². The van der Waals surface area contributed by atoms with E-state index in [1.807, 2.05) is 54.7 Å². The monoisotopic (exact) mass is 328 g/mol. The van der Waals surface area contributed by atoms with Gasteiger partial charge in [0.05, 0.1) is 6.54 Å². The highest BCUT2D eigenvalue weighted by molar-refractivity contribution is 5.78. The van der Waals surface area contributed by atoms with Crippen molar-refractivity contribution in [3.8, 4) is 11.5 Å². The predicted octanol–water partition coefficient (Wildman–Crippen LogP) is 1.06. The van der Waals surface area contributed by atoms with Gasteiger partial charge in [-0.3, -0.25) is 4.79 Å². The number of hydrogen-bond acceptors (Lipinski definition) is 5. The van der Waals surface area contributed by atoms with Crippen LogP contribution in [-0.2, 0) is 11.8 Å². The van der Waals surface area contributed by atoms with Crippen molar-refractivity contribution in [3.05, 3.63) is 30.0 Å². The number of carbonyl (C=O) groups excluding carboxylic acids is 1. The van der Waals surface area contributed by atoms with Crippen LogP contribution in [0.2, 0.25) is 0 Å². The molecule has 0 saturated carbocycles. The zero-order valence-electron chi connectivity index (χ0n) is 14.7. The SMILES string of the molecule is Cc1cc(-c2nccn2C)nc(C2CCN(C(=O)CN(C)C)C2)n1. The van der Waals surface area contributed by atoms with E-state index in [0.29, 0.717) is 13.1 Å². The Morgan fingerprint density at radius 2 is 2.17 bits per heavy atom. The second-order valence-corrected chi connectivity index (χ2v) is 6.68. The maximum Gasteiger partial charge on any atom is 0.236 e. The number of aryl methyl sites for hydroxylation is 2. The first-order chi connectivity index (χ1) is 11.4. The van der Waals surface area contributed by atoms with Crippen molar-refractivity contribution in [1.29, 1.82) is 0 Å². The fraction of sp³-hybridized carbons (Fsp3) is 0.529. The number of amides is 1. The molecule has 0 radical (unpaired) electrons. The Balaban J connectivity index is 1.80. The van der Waals surface area contributed by atoms with Gasteiger partial charge in [-0.25, -0.2) is 15.0 Å². The summed E-state index contributed by atoms with van der Waals surface area (Å²) in [7, 11) is 5.78. The lowest BCUT2D eigenvalue weighted by Crippen LogP contribution is -2.36. The fourth-order valence-corrected chi connectivity index (χ4v) is 3.07. The van der Waals surface area contributed by atoms with E-state index in [4.69, 9.17) is 4.98 Å². The van der Waals surface area contributed by atoms with Crippen molar-refractivity contribution < 1.29 is 4.79 Å². The number of imidazole rings is 1. The molecule has 1 aliphatic rings. The molecule has 0 aliphatic carbocycles. The van der Waals surface area contributed by atoms with E-state index >= 15 is 0 Å². The first-order valence-corrected chi connectivity index (χ1v) is 8.20. The molecule has 0 bridgehead atoms. The van der Waals surface area contributed by atoms with E-state index in [1.165, 1.54) is 0 Å². The number of aromatic nitrogens is 4. The second kappa shape index (κ2) is 6.68. The quantitative estimate of drug-likeness (QED) is 0.840. The minimum atomic E-state index is 0.166. The Morgan fingerprint density at radius 3 is 2.83 bits per heavy atom. The molecule has 3 heterocycles. The zero-order valence-corrected chi connectivity index (χ0v) is 14.7. The van der Waals surface area contributed by atoms with Crippen LogP contribution in [0, 0.1) is 6.92 Å². The Hall–Kier alpha value is -2.28. The van der Waals surface area contributed by atoms with Crippen molar-refractivity contribution in [2.24, 2.45) is 7.05 Å². The molecule has 128 valence electrons. The molecule has 0 N–H and O–H groups in total. The van der Waals surface area contributed by atoms with Crippen molar-refractivity contribution in [2.45, 2.75) is 19.3 Å². The number of rotatable bonds is 4. The topological polar surface area (TPSA) is 67.2 Å². The van der Waals surface area contributed by atoms with E-state index in [2.05, 4.69) is 9.97 Å². The highest BCUT2D eigenvalue weighted by atomic mass is 16.2. The molecular weight excluding hydrogens is 304 g/mol. The Bertz CT molecular complexity index is 738. The van der Waals surface area contributed by atoms with Gasteiger partial charge in [0.15, 0.2) is 5.82 Å². The fourth-order valence-electron chi connectivity index (χ4n) is 3.07. The molecule has 1 amide bonds. The third kappa shape index (κ3) is 3.46. The molecule has 2 aromatic rings. The molecular formula is C17H24N6O. The molecule has 0 aromatic carbocycles. The summed E-state index contributed by atoms with van der Waals surface area (Å²) in [5, 5.41) is 0. The van der Waals surface area contributed by atoms with Gasteiger partial charge in [-0.1, -0.05) is 0 Å². The lowest BCUT2D eigenvalue weighted by atomic mass is 10.1. The first-order valence-electron chi connectivity index (χ1n) is 8.20. The van der Waals surface area contributed by atoms with Crippen molar-refractivity contribution >= 4 is 5.91 Å². The molecule has 7 heteroatoms. The molecule has 7 nitrogen and oxygen atoms in total. The van der Waals surface area contributed by atoms with Gasteiger partial charge < -0.3 is 14.4 Å². The minimum absolute atomic E-state index is 0.166. The Kier molecular flexibility index (Phi) is 4.62. The zero-order chi connectivity index (χ0) is 17.3. The molecule has 0 spiro atoms. The summed E-state index contributed by atoms with van der Waals surface area (Å²) in [5.74, 6) is 2.00. The summed E-state index contributed by atoms with van der Waals surface area (Å²) in [6, 6.07) is 1.95. The van der Waals surface area contributed by atoms with E-state index in [9.17, 15) is 4.79 Å². The maximum atomic E-state index is 12.2. The molecule has 2 aromatic heterocycles. The van der Waals surface area contributed by atoms with Crippen LogP contribution in [0.25, 0.3) is 11.5 Å². The summed E-state index contributed by atoms with van der Waals surface area (Å²) in [6.07, 6.45) is 4.58. The summed E-state index contributed by atoms with van der Waals surface area (Å²) in [6.45, 7) is 3.88. The van der Waals surface area contributed by atoms with Gasteiger partial charge in [0.25, 0.3) is 0 Å². The van der Waals surface area contributed by atoms with Crippen LogP contribution in [-0.4, -0.2) is 69.0 Å². The molecule has 1 unspecified atom stereocenters. The van der Waals surface area contributed by atoms with Crippen molar-refractivity contribution in [1.82, 2.24) is 29.3 Å². The number of likely N-dealkylation sites (N-methyl/N-ethyl adjacent to an activating group) is 1. The van der Waals surface area contributed by atoms with E-state index in [1.54, 1.807) is 6.20 Å². The summed E-state index contributed by atoms with van der Waals surface area (Å²) in [4.78, 5) is 29.8. The van der Waals surface area contributed by atoms with Gasteiger partial charge in [0, 0.05) is 44.1 Å². The summed E-state index contributed by atoms with van der Waals surface area (Å²) < 4.78 is 1.95. The van der Waals surface area contributed by atoms with Gasteiger partial charge in [0.2, 0.25) is 5.91 Å². The largest absolute Gasteiger partial charge is 0.341 e. The minimum Gasteiger partial charge on any atom is -0.341 e. The lowest BCUT2D eigenvalue weighted by molar-refractivity contribution is -0.130. The van der Waals surface area contributed by atoms with Crippen LogP contribution < -0.4 is 0 Å². The highest BCUT2D eigenvalue weighted by Crippen LogP contribution is 2.26. The van der Waals surface area contributed by atoms with Crippen LogP contribution in [0.5, 0.6) is 0 Å². The summed E-state index contributed by atoms with van der Waals surface area (Å²) in [5.41, 5.74) is 1.76. The number of hydrogen-bond donors (Lipinski definition) is 0. The highest BCUT2D eigenvalue weighted by Gasteiger charge is 2.29. The van der Waals surface area contributed by atoms with Gasteiger partial charge in [-0.05, 0) is 33.5 Å². The lowest BCUT2D eigenvalue weighted by Gasteiger charge is -2.19. The third-order valence-corrected chi connectivity index (χ3v) is 4.28.